The van der Waals surface area contributed by atoms with Crippen molar-refractivity contribution in [1.29, 1.82) is 0 Å². The number of guanidine groups is 1. The van der Waals surface area contributed by atoms with Crippen LogP contribution in [0.3, 0.4) is 0 Å². The number of benzene rings is 2. The van der Waals surface area contributed by atoms with Crippen LogP contribution in [-0.2, 0) is 13.1 Å². The molecule has 0 heterocycles. The van der Waals surface area contributed by atoms with Crippen LogP contribution in [0.5, 0.6) is 11.5 Å². The van der Waals surface area contributed by atoms with Gasteiger partial charge >= 0.3 is 6.61 Å². The smallest absolute Gasteiger partial charge is 0.387 e. The Bertz CT molecular complexity index is 770. The minimum atomic E-state index is -2.92. The van der Waals surface area contributed by atoms with Crippen LogP contribution in [0, 0.1) is 5.82 Å². The molecule has 0 saturated heterocycles. The van der Waals surface area contributed by atoms with Crippen molar-refractivity contribution >= 4 is 5.96 Å². The number of alkyl halides is 2. The molecule has 0 radical (unpaired) electrons. The molecule has 2 aromatic rings. The van der Waals surface area contributed by atoms with Crippen molar-refractivity contribution in [3.8, 4) is 11.5 Å². The van der Waals surface area contributed by atoms with Gasteiger partial charge in [0.2, 0.25) is 0 Å². The van der Waals surface area contributed by atoms with Crippen molar-refractivity contribution in [2.75, 3.05) is 13.7 Å². The topological polar surface area (TPSA) is 54.9 Å². The van der Waals surface area contributed by atoms with E-state index in [1.54, 1.807) is 44.3 Å². The summed E-state index contributed by atoms with van der Waals surface area (Å²) in [6.45, 7) is -0.202. The van der Waals surface area contributed by atoms with Crippen molar-refractivity contribution < 1.29 is 22.6 Å². The standard InChI is InChI=1S/C19H22F3N3O2/c1-3-26-17-10-13(8-9-16(17)27-18(21)22)11-24-19(23-2)25-12-14-6-4-5-7-15(14)20/h4-10,18H,3,11-12H2,1-2H3,(H2,23,24,25). The molecule has 8 heteroatoms. The lowest BCUT2D eigenvalue weighted by Crippen LogP contribution is -2.36. The van der Waals surface area contributed by atoms with E-state index in [-0.39, 0.29) is 23.9 Å². The Hall–Kier alpha value is -2.90. The average molecular weight is 381 g/mol. The Morgan fingerprint density at radius 3 is 2.48 bits per heavy atom. The van der Waals surface area contributed by atoms with Gasteiger partial charge in [-0.3, -0.25) is 4.99 Å². The summed E-state index contributed by atoms with van der Waals surface area (Å²) < 4.78 is 48.4. The fourth-order valence-corrected chi connectivity index (χ4v) is 2.35. The first-order chi connectivity index (χ1) is 13.0. The molecular weight excluding hydrogens is 359 g/mol. The van der Waals surface area contributed by atoms with E-state index in [4.69, 9.17) is 4.74 Å². The second kappa shape index (κ2) is 10.3. The molecule has 0 amide bonds. The van der Waals surface area contributed by atoms with Crippen molar-refractivity contribution in [2.45, 2.75) is 26.6 Å². The van der Waals surface area contributed by atoms with Gasteiger partial charge in [-0.05, 0) is 30.7 Å². The van der Waals surface area contributed by atoms with E-state index in [1.165, 1.54) is 12.1 Å². The second-order valence-corrected chi connectivity index (χ2v) is 5.46. The first-order valence-corrected chi connectivity index (χ1v) is 8.42. The van der Waals surface area contributed by atoms with Crippen molar-refractivity contribution in [2.24, 2.45) is 4.99 Å². The van der Waals surface area contributed by atoms with E-state index in [1.807, 2.05) is 0 Å². The molecule has 2 N–H and O–H groups in total. The number of ether oxygens (including phenoxy) is 2. The molecule has 2 aromatic carbocycles. The Labute approximate surface area is 156 Å². The van der Waals surface area contributed by atoms with Gasteiger partial charge < -0.3 is 20.1 Å². The third-order valence-electron chi connectivity index (χ3n) is 3.61. The molecule has 0 aliphatic rings. The molecule has 0 bridgehead atoms. The highest BCUT2D eigenvalue weighted by molar-refractivity contribution is 5.79. The van der Waals surface area contributed by atoms with Gasteiger partial charge in [0.05, 0.1) is 6.61 Å². The highest BCUT2D eigenvalue weighted by Crippen LogP contribution is 2.29. The molecule has 0 atom stereocenters. The third kappa shape index (κ3) is 6.40. The molecule has 0 spiro atoms. The molecule has 0 unspecified atom stereocenters. The predicted octanol–water partition coefficient (Wildman–Crippen LogP) is 3.69. The number of aliphatic imine (C=N–C) groups is 1. The zero-order chi connectivity index (χ0) is 19.6. The maximum absolute atomic E-state index is 13.7. The van der Waals surface area contributed by atoms with E-state index < -0.39 is 6.61 Å². The van der Waals surface area contributed by atoms with Crippen LogP contribution in [0.15, 0.2) is 47.5 Å². The molecule has 0 fully saturated rings. The van der Waals surface area contributed by atoms with Gasteiger partial charge in [-0.2, -0.15) is 8.78 Å². The molecule has 0 aliphatic carbocycles. The van der Waals surface area contributed by atoms with Gasteiger partial charge in [0.25, 0.3) is 0 Å². The van der Waals surface area contributed by atoms with E-state index in [0.717, 1.165) is 5.56 Å². The number of rotatable bonds is 8. The molecule has 27 heavy (non-hydrogen) atoms. The van der Waals surface area contributed by atoms with Crippen molar-refractivity contribution in [3.05, 3.63) is 59.4 Å². The number of hydrogen-bond acceptors (Lipinski definition) is 3. The molecule has 0 aliphatic heterocycles. The summed E-state index contributed by atoms with van der Waals surface area (Å²) >= 11 is 0. The number of nitrogens with zero attached hydrogens (tertiary/aromatic N) is 1. The summed E-state index contributed by atoms with van der Waals surface area (Å²) in [7, 11) is 1.60. The van der Waals surface area contributed by atoms with Crippen LogP contribution in [0.1, 0.15) is 18.1 Å². The Morgan fingerprint density at radius 1 is 1.07 bits per heavy atom. The number of hydrogen-bond donors (Lipinski definition) is 2. The van der Waals surface area contributed by atoms with Crippen LogP contribution in [0.25, 0.3) is 0 Å². The fraction of sp³-hybridized carbons (Fsp3) is 0.316. The Morgan fingerprint density at radius 2 is 1.81 bits per heavy atom. The van der Waals surface area contributed by atoms with Crippen molar-refractivity contribution in [1.82, 2.24) is 10.6 Å². The highest BCUT2D eigenvalue weighted by atomic mass is 19.3. The van der Waals surface area contributed by atoms with Gasteiger partial charge in [0, 0.05) is 25.7 Å². The lowest BCUT2D eigenvalue weighted by Gasteiger charge is -2.15. The van der Waals surface area contributed by atoms with Crippen LogP contribution in [0.4, 0.5) is 13.2 Å². The highest BCUT2D eigenvalue weighted by Gasteiger charge is 2.12. The summed E-state index contributed by atoms with van der Waals surface area (Å²) in [5, 5.41) is 6.09. The van der Waals surface area contributed by atoms with Crippen LogP contribution in [0.2, 0.25) is 0 Å². The maximum Gasteiger partial charge on any atom is 0.387 e. The van der Waals surface area contributed by atoms with Gasteiger partial charge in [-0.15, -0.1) is 0 Å². The molecule has 2 rings (SSSR count). The minimum absolute atomic E-state index is 0.0161. The van der Waals surface area contributed by atoms with Gasteiger partial charge in [-0.25, -0.2) is 4.39 Å². The summed E-state index contributed by atoms with van der Waals surface area (Å²) in [4.78, 5) is 4.08. The van der Waals surface area contributed by atoms with E-state index in [0.29, 0.717) is 24.7 Å². The van der Waals surface area contributed by atoms with Crippen molar-refractivity contribution in [3.63, 3.8) is 0 Å². The Kier molecular flexibility index (Phi) is 7.79. The zero-order valence-corrected chi connectivity index (χ0v) is 15.1. The second-order valence-electron chi connectivity index (χ2n) is 5.46. The number of halogens is 3. The van der Waals surface area contributed by atoms with E-state index in [2.05, 4.69) is 20.4 Å². The van der Waals surface area contributed by atoms with Gasteiger partial charge in [0.1, 0.15) is 5.82 Å². The third-order valence-corrected chi connectivity index (χ3v) is 3.61. The summed E-state index contributed by atoms with van der Waals surface area (Å²) in [5.41, 5.74) is 1.31. The molecule has 146 valence electrons. The summed E-state index contributed by atoms with van der Waals surface area (Å²) in [6.07, 6.45) is 0. The van der Waals surface area contributed by atoms with E-state index >= 15 is 0 Å². The lowest BCUT2D eigenvalue weighted by molar-refractivity contribution is -0.0514. The minimum Gasteiger partial charge on any atom is -0.490 e. The fourth-order valence-electron chi connectivity index (χ4n) is 2.35. The molecule has 5 nitrogen and oxygen atoms in total. The van der Waals surface area contributed by atoms with Crippen LogP contribution < -0.4 is 20.1 Å². The molecular formula is C19H22F3N3O2. The normalized spacial score (nSPS) is 11.4. The molecule has 0 saturated carbocycles. The van der Waals surface area contributed by atoms with Gasteiger partial charge in [-0.1, -0.05) is 24.3 Å². The lowest BCUT2D eigenvalue weighted by atomic mass is 10.2. The summed E-state index contributed by atoms with van der Waals surface area (Å²) in [6, 6.07) is 11.2. The molecule has 0 aromatic heterocycles. The first kappa shape index (κ1) is 20.4. The summed E-state index contributed by atoms with van der Waals surface area (Å²) in [5.74, 6) is 0.407. The average Bonchev–Trinajstić information content (AvgIpc) is 2.65. The monoisotopic (exact) mass is 381 g/mol. The zero-order valence-electron chi connectivity index (χ0n) is 15.1. The van der Waals surface area contributed by atoms with Gasteiger partial charge in [0.15, 0.2) is 17.5 Å². The van der Waals surface area contributed by atoms with Crippen LogP contribution >= 0.6 is 0 Å². The quantitative estimate of drug-likeness (QED) is 0.541. The largest absolute Gasteiger partial charge is 0.490 e. The predicted molar refractivity (Wildman–Crippen MR) is 97.7 cm³/mol. The Balaban J connectivity index is 1.97. The number of nitrogens with one attached hydrogen (secondary N) is 2. The SMILES string of the molecule is CCOc1cc(CNC(=NC)NCc2ccccc2F)ccc1OC(F)F. The first-order valence-electron chi connectivity index (χ1n) is 8.42. The van der Waals surface area contributed by atoms with E-state index in [9.17, 15) is 13.2 Å². The van der Waals surface area contributed by atoms with Crippen LogP contribution in [-0.4, -0.2) is 26.2 Å². The maximum atomic E-state index is 13.7.